The van der Waals surface area contributed by atoms with E-state index in [0.29, 0.717) is 13.1 Å². The van der Waals surface area contributed by atoms with Gasteiger partial charge in [0.05, 0.1) is 6.10 Å². The molecular formula is C26H34FN4O5+. The highest BCUT2D eigenvalue weighted by molar-refractivity contribution is 5.96. The average molecular weight is 502 g/mol. The first kappa shape index (κ1) is 27.0. The Morgan fingerprint density at radius 3 is 2.44 bits per heavy atom. The third-order valence-corrected chi connectivity index (χ3v) is 5.71. The molecule has 0 bridgehead atoms. The molecule has 0 aromatic heterocycles. The Morgan fingerprint density at radius 1 is 1.17 bits per heavy atom. The van der Waals surface area contributed by atoms with Gasteiger partial charge in [-0.25, -0.2) is 4.39 Å². The number of nitrogens with one attached hydrogen (secondary N) is 2. The average Bonchev–Trinajstić information content (AvgIpc) is 2.77. The number of hydrogen-bond acceptors (Lipinski definition) is 6. The number of amides is 2. The van der Waals surface area contributed by atoms with Gasteiger partial charge in [0.15, 0.2) is 17.2 Å². The van der Waals surface area contributed by atoms with Crippen molar-refractivity contribution in [3.8, 4) is 17.2 Å². The minimum absolute atomic E-state index is 0.110. The lowest BCUT2D eigenvalue weighted by Gasteiger charge is -2.30. The molecule has 2 aromatic rings. The fourth-order valence-corrected chi connectivity index (χ4v) is 3.33. The highest BCUT2D eigenvalue weighted by Crippen LogP contribution is 2.31. The van der Waals surface area contributed by atoms with Gasteiger partial charge in [0.2, 0.25) is 0 Å². The Labute approximate surface area is 210 Å². The highest BCUT2D eigenvalue weighted by Gasteiger charge is 2.25. The fraction of sp³-hybridized carbons (Fsp3) is 0.385. The maximum Gasteiger partial charge on any atom is 0.256 e. The molecular weight excluding hydrogens is 467 g/mol. The summed E-state index contributed by atoms with van der Waals surface area (Å²) in [4.78, 5) is 27.0. The molecule has 1 fully saturated rings. The summed E-state index contributed by atoms with van der Waals surface area (Å²) in [6.45, 7) is 6.32. The van der Waals surface area contributed by atoms with Crippen molar-refractivity contribution in [2.75, 3.05) is 20.1 Å². The number of aliphatic hydroxyl groups excluding tert-OH is 1. The van der Waals surface area contributed by atoms with Crippen LogP contribution in [0.15, 0.2) is 48.7 Å². The van der Waals surface area contributed by atoms with Crippen molar-refractivity contribution in [2.45, 2.75) is 45.1 Å². The van der Waals surface area contributed by atoms with Crippen molar-refractivity contribution >= 4 is 11.8 Å². The van der Waals surface area contributed by atoms with Gasteiger partial charge < -0.3 is 30.5 Å². The Morgan fingerprint density at radius 2 is 1.86 bits per heavy atom. The summed E-state index contributed by atoms with van der Waals surface area (Å²) in [5, 5.41) is 15.5. The minimum Gasteiger partial charge on any atom is -0.488 e. The van der Waals surface area contributed by atoms with E-state index in [9.17, 15) is 19.1 Å². The van der Waals surface area contributed by atoms with E-state index in [2.05, 4.69) is 16.4 Å². The van der Waals surface area contributed by atoms with Gasteiger partial charge in [-0.3, -0.25) is 14.9 Å². The lowest BCUT2D eigenvalue weighted by molar-refractivity contribution is -0.459. The van der Waals surface area contributed by atoms with E-state index < -0.39 is 29.6 Å². The van der Waals surface area contributed by atoms with Crippen molar-refractivity contribution in [2.24, 2.45) is 0 Å². The molecule has 36 heavy (non-hydrogen) atoms. The SMILES string of the molecule is CN/C=C\C(C)([NH3+])NC(=O)c1cc(Oc2ccc(C(=O)N3CCC3)cc2F)cc(OC(C)C(C)O)c1. The zero-order valence-electron chi connectivity index (χ0n) is 21.0. The van der Waals surface area contributed by atoms with Crippen LogP contribution in [0.4, 0.5) is 4.39 Å². The van der Waals surface area contributed by atoms with Gasteiger partial charge in [-0.1, -0.05) is 0 Å². The molecule has 10 heteroatoms. The van der Waals surface area contributed by atoms with Crippen LogP contribution in [0.1, 0.15) is 47.9 Å². The normalized spacial score (nSPS) is 16.5. The number of halogens is 1. The first-order chi connectivity index (χ1) is 17.0. The molecule has 3 atom stereocenters. The van der Waals surface area contributed by atoms with E-state index in [4.69, 9.17) is 9.47 Å². The molecule has 9 nitrogen and oxygen atoms in total. The van der Waals surface area contributed by atoms with E-state index in [0.717, 1.165) is 12.5 Å². The summed E-state index contributed by atoms with van der Waals surface area (Å²) in [5.74, 6) is -1.10. The standard InChI is InChI=1S/C26H33FN4O5/c1-16(32)17(2)35-20-12-19(24(33)30-26(3,28)8-9-29-4)13-21(15-20)36-23-7-6-18(14-22(23)27)25(34)31-10-5-11-31/h6-9,12-17,29,32H,5,10-11,28H2,1-4H3,(H,30,33)/p+1/b9-8-. The van der Waals surface area contributed by atoms with E-state index in [1.807, 2.05) is 0 Å². The highest BCUT2D eigenvalue weighted by atomic mass is 19.1. The summed E-state index contributed by atoms with van der Waals surface area (Å²) in [6.07, 6.45) is 2.95. The number of aliphatic hydroxyl groups is 1. The van der Waals surface area contributed by atoms with Gasteiger partial charge in [0.25, 0.3) is 11.8 Å². The second-order valence-corrected chi connectivity index (χ2v) is 9.14. The first-order valence-corrected chi connectivity index (χ1v) is 11.8. The van der Waals surface area contributed by atoms with E-state index in [-0.39, 0.29) is 34.3 Å². The van der Waals surface area contributed by atoms with Gasteiger partial charge in [0.1, 0.15) is 17.6 Å². The molecule has 0 aliphatic carbocycles. The topological polar surface area (TPSA) is 128 Å². The summed E-state index contributed by atoms with van der Waals surface area (Å²) in [5.41, 5.74) is 3.51. The Kier molecular flexibility index (Phi) is 8.54. The lowest BCUT2D eigenvalue weighted by Crippen LogP contribution is -2.77. The van der Waals surface area contributed by atoms with Crippen molar-refractivity contribution in [3.05, 3.63) is 65.6 Å². The largest absolute Gasteiger partial charge is 0.488 e. The molecule has 3 unspecified atom stereocenters. The smallest absolute Gasteiger partial charge is 0.256 e. The Hall–Kier alpha value is -3.63. The molecule has 2 aromatic carbocycles. The summed E-state index contributed by atoms with van der Waals surface area (Å²) in [6, 6.07) is 8.48. The molecule has 1 aliphatic heterocycles. The molecule has 194 valence electrons. The van der Waals surface area contributed by atoms with E-state index in [1.54, 1.807) is 45.0 Å². The van der Waals surface area contributed by atoms with Crippen LogP contribution in [0.2, 0.25) is 0 Å². The quantitative estimate of drug-likeness (QED) is 0.369. The third kappa shape index (κ3) is 6.96. The molecule has 2 amide bonds. The summed E-state index contributed by atoms with van der Waals surface area (Å²) >= 11 is 0. The molecule has 0 spiro atoms. The minimum atomic E-state index is -0.907. The molecule has 0 saturated carbocycles. The molecule has 0 radical (unpaired) electrons. The van der Waals surface area contributed by atoms with Crippen LogP contribution < -0.4 is 25.8 Å². The van der Waals surface area contributed by atoms with Crippen LogP contribution in [-0.4, -0.2) is 59.8 Å². The van der Waals surface area contributed by atoms with Gasteiger partial charge in [-0.2, -0.15) is 0 Å². The molecule has 1 saturated heterocycles. The van der Waals surface area contributed by atoms with Crippen LogP contribution >= 0.6 is 0 Å². The van der Waals surface area contributed by atoms with Gasteiger partial charge >= 0.3 is 0 Å². The Balaban J connectivity index is 1.88. The molecule has 1 aliphatic rings. The predicted octanol–water partition coefficient (Wildman–Crippen LogP) is 2.03. The number of benzene rings is 2. The monoisotopic (exact) mass is 501 g/mol. The Bertz CT molecular complexity index is 1130. The van der Waals surface area contributed by atoms with Gasteiger partial charge in [-0.15, -0.1) is 0 Å². The maximum atomic E-state index is 14.8. The molecule has 1 heterocycles. The zero-order chi connectivity index (χ0) is 26.5. The molecule has 3 rings (SSSR count). The summed E-state index contributed by atoms with van der Waals surface area (Å²) in [7, 11) is 1.73. The van der Waals surface area contributed by atoms with E-state index in [1.165, 1.54) is 30.3 Å². The van der Waals surface area contributed by atoms with Crippen molar-refractivity contribution in [1.82, 2.24) is 15.5 Å². The fourth-order valence-electron chi connectivity index (χ4n) is 3.33. The third-order valence-electron chi connectivity index (χ3n) is 5.71. The van der Waals surface area contributed by atoms with Crippen LogP contribution in [0.25, 0.3) is 0 Å². The number of likely N-dealkylation sites (tertiary alicyclic amines) is 1. The zero-order valence-corrected chi connectivity index (χ0v) is 21.0. The van der Waals surface area contributed by atoms with Crippen LogP contribution in [0, 0.1) is 5.82 Å². The number of quaternary nitrogens is 1. The lowest BCUT2D eigenvalue weighted by atomic mass is 10.1. The number of carbonyl (C=O) groups is 2. The van der Waals surface area contributed by atoms with Crippen LogP contribution in [0.3, 0.4) is 0 Å². The number of carbonyl (C=O) groups excluding carboxylic acids is 2. The van der Waals surface area contributed by atoms with Gasteiger partial charge in [-0.05, 0) is 50.6 Å². The molecule has 6 N–H and O–H groups in total. The number of hydrogen-bond donors (Lipinski definition) is 4. The van der Waals surface area contributed by atoms with Crippen molar-refractivity contribution in [3.63, 3.8) is 0 Å². The van der Waals surface area contributed by atoms with Crippen molar-refractivity contribution in [1.29, 1.82) is 0 Å². The van der Waals surface area contributed by atoms with Crippen LogP contribution in [-0.2, 0) is 0 Å². The second-order valence-electron chi connectivity index (χ2n) is 9.14. The first-order valence-electron chi connectivity index (χ1n) is 11.8. The van der Waals surface area contributed by atoms with Gasteiger partial charge in [0, 0.05) is 56.5 Å². The summed E-state index contributed by atoms with van der Waals surface area (Å²) < 4.78 is 26.4. The maximum absolute atomic E-state index is 14.8. The van der Waals surface area contributed by atoms with E-state index >= 15 is 0 Å². The van der Waals surface area contributed by atoms with Crippen LogP contribution in [0.5, 0.6) is 17.2 Å². The number of rotatable bonds is 10. The number of nitrogens with zero attached hydrogens (tertiary/aromatic N) is 1. The number of ether oxygens (including phenoxy) is 2. The predicted molar refractivity (Wildman–Crippen MR) is 132 cm³/mol. The second kappa shape index (κ2) is 11.4. The van der Waals surface area contributed by atoms with Crippen molar-refractivity contribution < 1.29 is 34.3 Å².